The fraction of sp³-hybridized carbons (Fsp3) is 0.240. The largest absolute Gasteiger partial charge is 0.497 e. The lowest BCUT2D eigenvalue weighted by atomic mass is 10.1. The molecule has 172 valence electrons. The van der Waals surface area contributed by atoms with Gasteiger partial charge < -0.3 is 14.8 Å². The van der Waals surface area contributed by atoms with E-state index < -0.39 is 16.1 Å². The van der Waals surface area contributed by atoms with Gasteiger partial charge in [0.25, 0.3) is 5.91 Å². The quantitative estimate of drug-likeness (QED) is 0.574. The SMILES string of the molecule is COc1ccc([C@H](C)NC(=O)[C@H]2CN(S(=O)(=O)Cc3ccccc3)c3ccccc3O2)cc1. The van der Waals surface area contributed by atoms with Crippen LogP contribution in [0.4, 0.5) is 5.69 Å². The van der Waals surface area contributed by atoms with E-state index >= 15 is 0 Å². The third kappa shape index (κ3) is 5.12. The number of sulfonamides is 1. The molecular formula is C25H26N2O5S. The molecule has 1 amide bonds. The smallest absolute Gasteiger partial charge is 0.263 e. The number of hydrogen-bond acceptors (Lipinski definition) is 5. The van der Waals surface area contributed by atoms with Crippen molar-refractivity contribution in [2.75, 3.05) is 18.0 Å². The molecule has 0 bridgehead atoms. The van der Waals surface area contributed by atoms with Gasteiger partial charge in [0.15, 0.2) is 6.10 Å². The van der Waals surface area contributed by atoms with Gasteiger partial charge in [-0.2, -0.15) is 0 Å². The van der Waals surface area contributed by atoms with E-state index in [2.05, 4.69) is 5.32 Å². The summed E-state index contributed by atoms with van der Waals surface area (Å²) in [4.78, 5) is 13.1. The lowest BCUT2D eigenvalue weighted by molar-refractivity contribution is -0.128. The summed E-state index contributed by atoms with van der Waals surface area (Å²) in [6.07, 6.45) is -0.980. The first kappa shape index (κ1) is 22.7. The van der Waals surface area contributed by atoms with Crippen molar-refractivity contribution in [3.8, 4) is 11.5 Å². The molecule has 8 heteroatoms. The summed E-state index contributed by atoms with van der Waals surface area (Å²) < 4.78 is 39.0. The highest BCUT2D eigenvalue weighted by Gasteiger charge is 2.37. The van der Waals surface area contributed by atoms with Crippen molar-refractivity contribution in [2.45, 2.75) is 24.8 Å². The summed E-state index contributed by atoms with van der Waals surface area (Å²) in [7, 11) is -2.15. The van der Waals surface area contributed by atoms with E-state index in [1.54, 1.807) is 55.6 Å². The van der Waals surface area contributed by atoms with Gasteiger partial charge in [-0.1, -0.05) is 54.6 Å². The van der Waals surface area contributed by atoms with E-state index in [-0.39, 0.29) is 24.2 Å². The summed E-state index contributed by atoms with van der Waals surface area (Å²) in [5.74, 6) is 0.535. The van der Waals surface area contributed by atoms with Gasteiger partial charge in [-0.15, -0.1) is 0 Å². The molecule has 1 heterocycles. The minimum absolute atomic E-state index is 0.104. The number of ether oxygens (including phenoxy) is 2. The number of para-hydroxylation sites is 2. The van der Waals surface area contributed by atoms with Crippen molar-refractivity contribution < 1.29 is 22.7 Å². The molecule has 1 aliphatic rings. The minimum Gasteiger partial charge on any atom is -0.497 e. The van der Waals surface area contributed by atoms with Gasteiger partial charge in [0, 0.05) is 0 Å². The molecule has 2 atom stereocenters. The third-order valence-electron chi connectivity index (χ3n) is 5.53. The molecule has 0 radical (unpaired) electrons. The second-order valence-electron chi connectivity index (χ2n) is 7.85. The first-order valence-electron chi connectivity index (χ1n) is 10.6. The number of carbonyl (C=O) groups is 1. The highest BCUT2D eigenvalue weighted by atomic mass is 32.2. The maximum Gasteiger partial charge on any atom is 0.263 e. The molecule has 0 aliphatic carbocycles. The van der Waals surface area contributed by atoms with Gasteiger partial charge in [0.05, 0.1) is 31.1 Å². The molecule has 33 heavy (non-hydrogen) atoms. The summed E-state index contributed by atoms with van der Waals surface area (Å²) >= 11 is 0. The van der Waals surface area contributed by atoms with E-state index in [9.17, 15) is 13.2 Å². The number of hydrogen-bond donors (Lipinski definition) is 1. The maximum absolute atomic E-state index is 13.3. The predicted octanol–water partition coefficient (Wildman–Crippen LogP) is 3.67. The standard InChI is InChI=1S/C25H26N2O5S/c1-18(20-12-14-21(31-2)15-13-20)26-25(28)24-16-27(22-10-6-7-11-23(22)32-24)33(29,30)17-19-8-4-3-5-9-19/h3-15,18,24H,16-17H2,1-2H3,(H,26,28)/t18-,24+/m0/s1. The highest BCUT2D eigenvalue weighted by molar-refractivity contribution is 7.92. The van der Waals surface area contributed by atoms with E-state index in [1.165, 1.54) is 4.31 Å². The fourth-order valence-electron chi connectivity index (χ4n) is 3.75. The highest BCUT2D eigenvalue weighted by Crippen LogP contribution is 2.36. The van der Waals surface area contributed by atoms with Gasteiger partial charge >= 0.3 is 0 Å². The Labute approximate surface area is 194 Å². The summed E-state index contributed by atoms with van der Waals surface area (Å²) in [5.41, 5.74) is 2.00. The zero-order valence-corrected chi connectivity index (χ0v) is 19.3. The normalized spacial score (nSPS) is 16.3. The Kier molecular flexibility index (Phi) is 6.55. The van der Waals surface area contributed by atoms with Gasteiger partial charge in [-0.05, 0) is 42.3 Å². The molecule has 1 N–H and O–H groups in total. The third-order valence-corrected chi connectivity index (χ3v) is 7.24. The Morgan fingerprint density at radius 3 is 2.42 bits per heavy atom. The first-order valence-corrected chi connectivity index (χ1v) is 12.2. The van der Waals surface area contributed by atoms with Crippen molar-refractivity contribution in [1.29, 1.82) is 0 Å². The average molecular weight is 467 g/mol. The van der Waals surface area contributed by atoms with Gasteiger partial charge in [0.1, 0.15) is 11.5 Å². The van der Waals surface area contributed by atoms with Crippen LogP contribution in [0, 0.1) is 0 Å². The van der Waals surface area contributed by atoms with Crippen molar-refractivity contribution in [3.63, 3.8) is 0 Å². The van der Waals surface area contributed by atoms with Crippen LogP contribution in [0.1, 0.15) is 24.1 Å². The number of carbonyl (C=O) groups excluding carboxylic acids is 1. The monoisotopic (exact) mass is 466 g/mol. The van der Waals surface area contributed by atoms with Crippen molar-refractivity contribution in [2.24, 2.45) is 0 Å². The second kappa shape index (κ2) is 9.54. The molecule has 0 unspecified atom stereocenters. The zero-order valence-electron chi connectivity index (χ0n) is 18.5. The molecule has 0 fully saturated rings. The molecule has 3 aromatic rings. The van der Waals surface area contributed by atoms with Crippen LogP contribution in [-0.2, 0) is 20.6 Å². The molecule has 0 saturated heterocycles. The lowest BCUT2D eigenvalue weighted by Crippen LogP contribution is -2.51. The fourth-order valence-corrected chi connectivity index (χ4v) is 5.33. The number of fused-ring (bicyclic) bond motifs is 1. The zero-order chi connectivity index (χ0) is 23.4. The first-order chi connectivity index (χ1) is 15.9. The maximum atomic E-state index is 13.3. The molecule has 0 saturated carbocycles. The minimum atomic E-state index is -3.75. The van der Waals surface area contributed by atoms with Crippen LogP contribution in [-0.4, -0.2) is 34.1 Å². The van der Waals surface area contributed by atoms with Crippen LogP contribution in [0.2, 0.25) is 0 Å². The van der Waals surface area contributed by atoms with E-state index in [4.69, 9.17) is 9.47 Å². The van der Waals surface area contributed by atoms with Crippen molar-refractivity contribution in [1.82, 2.24) is 5.32 Å². The Morgan fingerprint density at radius 2 is 1.73 bits per heavy atom. The van der Waals surface area contributed by atoms with Crippen LogP contribution in [0.3, 0.4) is 0 Å². The van der Waals surface area contributed by atoms with E-state index in [1.807, 2.05) is 37.3 Å². The van der Waals surface area contributed by atoms with E-state index in [0.717, 1.165) is 11.3 Å². The van der Waals surface area contributed by atoms with E-state index in [0.29, 0.717) is 17.0 Å². The number of benzene rings is 3. The van der Waals surface area contributed by atoms with Gasteiger partial charge in [-0.3, -0.25) is 9.10 Å². The molecule has 4 rings (SSSR count). The van der Waals surface area contributed by atoms with Gasteiger partial charge in [0.2, 0.25) is 10.0 Å². The van der Waals surface area contributed by atoms with Crippen LogP contribution in [0.25, 0.3) is 0 Å². The number of nitrogens with one attached hydrogen (secondary N) is 1. The van der Waals surface area contributed by atoms with Crippen molar-refractivity contribution >= 4 is 21.6 Å². The molecule has 0 spiro atoms. The molecule has 7 nitrogen and oxygen atoms in total. The second-order valence-corrected chi connectivity index (χ2v) is 9.74. The number of nitrogens with zero attached hydrogens (tertiary/aromatic N) is 1. The molecule has 1 aliphatic heterocycles. The summed E-state index contributed by atoms with van der Waals surface area (Å²) in [6, 6.07) is 22.9. The summed E-state index contributed by atoms with van der Waals surface area (Å²) in [6.45, 7) is 1.76. The Hall–Kier alpha value is -3.52. The van der Waals surface area contributed by atoms with Crippen LogP contribution in [0.15, 0.2) is 78.9 Å². The Bertz CT molecular complexity index is 1210. The van der Waals surface area contributed by atoms with Crippen molar-refractivity contribution in [3.05, 3.63) is 90.0 Å². The molecular weight excluding hydrogens is 440 g/mol. The van der Waals surface area contributed by atoms with Crippen LogP contribution < -0.4 is 19.1 Å². The molecule has 3 aromatic carbocycles. The average Bonchev–Trinajstić information content (AvgIpc) is 2.83. The summed E-state index contributed by atoms with van der Waals surface area (Å²) in [5, 5.41) is 2.93. The number of amides is 1. The number of rotatable bonds is 7. The number of anilines is 1. The lowest BCUT2D eigenvalue weighted by Gasteiger charge is -2.35. The number of methoxy groups -OCH3 is 1. The topological polar surface area (TPSA) is 84.9 Å². The Morgan fingerprint density at radius 1 is 1.06 bits per heavy atom. The van der Waals surface area contributed by atoms with Crippen LogP contribution in [0.5, 0.6) is 11.5 Å². The van der Waals surface area contributed by atoms with Crippen LogP contribution >= 0.6 is 0 Å². The van der Waals surface area contributed by atoms with Gasteiger partial charge in [-0.25, -0.2) is 8.42 Å². The predicted molar refractivity (Wildman–Crippen MR) is 127 cm³/mol. The Balaban J connectivity index is 1.54. The molecule has 0 aromatic heterocycles.